The van der Waals surface area contributed by atoms with E-state index in [0.29, 0.717) is 12.2 Å². The minimum Gasteiger partial charge on any atom is -0.352 e. The number of carbonyl (C=O) groups is 2. The fourth-order valence-electron chi connectivity index (χ4n) is 2.09. The van der Waals surface area contributed by atoms with Crippen LogP contribution in [0.5, 0.6) is 0 Å². The lowest BCUT2D eigenvalue weighted by molar-refractivity contribution is -0.120. The molecule has 122 valence electrons. The summed E-state index contributed by atoms with van der Waals surface area (Å²) in [6.07, 6.45) is -0.0441. The van der Waals surface area contributed by atoms with Crippen LogP contribution < -0.4 is 10.6 Å². The Morgan fingerprint density at radius 1 is 1.04 bits per heavy atom. The van der Waals surface area contributed by atoms with Gasteiger partial charge in [-0.05, 0) is 35.4 Å². The molecule has 6 heteroatoms. The summed E-state index contributed by atoms with van der Waals surface area (Å²) in [4.78, 5) is 23.3. The SMILES string of the molecule is N#CCC(=O)Nc1cccc(CNC(=O)Cc2ccc(F)cc2)c1. The summed E-state index contributed by atoms with van der Waals surface area (Å²) in [6, 6.07) is 14.6. The normalized spacial score (nSPS) is 9.83. The Morgan fingerprint density at radius 3 is 2.50 bits per heavy atom. The van der Waals surface area contributed by atoms with Gasteiger partial charge in [-0.15, -0.1) is 0 Å². The van der Waals surface area contributed by atoms with Crippen LogP contribution in [-0.2, 0) is 22.6 Å². The fourth-order valence-corrected chi connectivity index (χ4v) is 2.09. The molecule has 2 rings (SSSR count). The minimum absolute atomic E-state index is 0.166. The predicted molar refractivity (Wildman–Crippen MR) is 87.3 cm³/mol. The van der Waals surface area contributed by atoms with Crippen LogP contribution in [0.4, 0.5) is 10.1 Å². The molecule has 2 aromatic carbocycles. The first-order chi connectivity index (χ1) is 11.6. The second kappa shape index (κ2) is 8.44. The van der Waals surface area contributed by atoms with Crippen molar-refractivity contribution in [2.45, 2.75) is 19.4 Å². The molecule has 0 unspecified atom stereocenters. The second-order valence-electron chi connectivity index (χ2n) is 5.16. The highest BCUT2D eigenvalue weighted by atomic mass is 19.1. The van der Waals surface area contributed by atoms with Crippen molar-refractivity contribution in [2.24, 2.45) is 0 Å². The van der Waals surface area contributed by atoms with E-state index in [1.54, 1.807) is 36.4 Å². The number of halogens is 1. The Labute approximate surface area is 139 Å². The third kappa shape index (κ3) is 5.54. The van der Waals surface area contributed by atoms with Crippen molar-refractivity contribution in [1.82, 2.24) is 5.32 Å². The van der Waals surface area contributed by atoms with Gasteiger partial charge in [0.25, 0.3) is 0 Å². The summed E-state index contributed by atoms with van der Waals surface area (Å²) >= 11 is 0. The number of anilines is 1. The molecule has 0 saturated carbocycles. The zero-order valence-corrected chi connectivity index (χ0v) is 12.9. The quantitative estimate of drug-likeness (QED) is 0.856. The van der Waals surface area contributed by atoms with Crippen LogP contribution in [0.2, 0.25) is 0 Å². The molecule has 2 aromatic rings. The number of nitrogens with zero attached hydrogens (tertiary/aromatic N) is 1. The Bertz CT molecular complexity index is 767. The van der Waals surface area contributed by atoms with Crippen molar-refractivity contribution >= 4 is 17.5 Å². The van der Waals surface area contributed by atoms with E-state index in [9.17, 15) is 14.0 Å². The van der Waals surface area contributed by atoms with Gasteiger partial charge in [-0.2, -0.15) is 5.26 Å². The number of hydrogen-bond acceptors (Lipinski definition) is 3. The van der Waals surface area contributed by atoms with Crippen LogP contribution in [0.3, 0.4) is 0 Å². The van der Waals surface area contributed by atoms with Crippen LogP contribution in [0, 0.1) is 17.1 Å². The lowest BCUT2D eigenvalue weighted by Crippen LogP contribution is -2.24. The number of rotatable bonds is 6. The molecule has 0 spiro atoms. The van der Waals surface area contributed by atoms with Crippen LogP contribution in [-0.4, -0.2) is 11.8 Å². The first-order valence-electron chi connectivity index (χ1n) is 7.33. The number of nitriles is 1. The first kappa shape index (κ1) is 17.2. The summed E-state index contributed by atoms with van der Waals surface area (Å²) in [5.41, 5.74) is 2.11. The molecular formula is C18H16FN3O2. The van der Waals surface area contributed by atoms with Gasteiger partial charge in [0.15, 0.2) is 0 Å². The molecule has 0 saturated heterocycles. The second-order valence-corrected chi connectivity index (χ2v) is 5.16. The van der Waals surface area contributed by atoms with Gasteiger partial charge in [-0.1, -0.05) is 24.3 Å². The molecule has 0 aliphatic carbocycles. The Hall–Kier alpha value is -3.20. The van der Waals surface area contributed by atoms with Gasteiger partial charge in [0.1, 0.15) is 12.2 Å². The lowest BCUT2D eigenvalue weighted by atomic mass is 10.1. The summed E-state index contributed by atoms with van der Waals surface area (Å²) in [5.74, 6) is -0.898. The predicted octanol–water partition coefficient (Wildman–Crippen LogP) is 2.54. The zero-order chi connectivity index (χ0) is 17.4. The molecule has 2 N–H and O–H groups in total. The molecule has 0 atom stereocenters. The van der Waals surface area contributed by atoms with Crippen LogP contribution in [0.1, 0.15) is 17.5 Å². The molecule has 0 aromatic heterocycles. The fraction of sp³-hybridized carbons (Fsp3) is 0.167. The van der Waals surface area contributed by atoms with Crippen LogP contribution in [0.15, 0.2) is 48.5 Å². The molecule has 24 heavy (non-hydrogen) atoms. The molecule has 0 radical (unpaired) electrons. The van der Waals surface area contributed by atoms with E-state index in [1.807, 2.05) is 6.07 Å². The van der Waals surface area contributed by atoms with Crippen molar-refractivity contribution in [3.8, 4) is 6.07 Å². The standard InChI is InChI=1S/C18H16FN3O2/c19-15-6-4-13(5-7-15)11-18(24)21-12-14-2-1-3-16(10-14)22-17(23)8-9-20/h1-7,10H,8,11-12H2,(H,21,24)(H,22,23). The van der Waals surface area contributed by atoms with E-state index >= 15 is 0 Å². The third-order valence-electron chi connectivity index (χ3n) is 3.22. The Kier molecular flexibility index (Phi) is 6.03. The number of amides is 2. The van der Waals surface area contributed by atoms with Gasteiger partial charge in [-0.3, -0.25) is 9.59 Å². The van der Waals surface area contributed by atoms with Gasteiger partial charge in [0, 0.05) is 12.2 Å². The minimum atomic E-state index is -0.380. The smallest absolute Gasteiger partial charge is 0.238 e. The van der Waals surface area contributed by atoms with Crippen LogP contribution >= 0.6 is 0 Å². The Morgan fingerprint density at radius 2 is 1.79 bits per heavy atom. The van der Waals surface area contributed by atoms with Crippen molar-refractivity contribution in [2.75, 3.05) is 5.32 Å². The third-order valence-corrected chi connectivity index (χ3v) is 3.22. The highest BCUT2D eigenvalue weighted by Gasteiger charge is 2.05. The van der Waals surface area contributed by atoms with Crippen molar-refractivity contribution in [3.05, 3.63) is 65.5 Å². The number of benzene rings is 2. The van der Waals surface area contributed by atoms with E-state index in [-0.39, 0.29) is 30.5 Å². The molecule has 0 aliphatic heterocycles. The molecule has 2 amide bonds. The maximum Gasteiger partial charge on any atom is 0.238 e. The van der Waals surface area contributed by atoms with Gasteiger partial charge in [-0.25, -0.2) is 4.39 Å². The molecule has 0 aliphatic rings. The van der Waals surface area contributed by atoms with Crippen molar-refractivity contribution < 1.29 is 14.0 Å². The molecule has 0 fully saturated rings. The number of carbonyl (C=O) groups excluding carboxylic acids is 2. The summed E-state index contributed by atoms with van der Waals surface area (Å²) in [7, 11) is 0. The first-order valence-corrected chi connectivity index (χ1v) is 7.33. The summed E-state index contributed by atoms with van der Waals surface area (Å²) in [6.45, 7) is 0.308. The lowest BCUT2D eigenvalue weighted by Gasteiger charge is -2.08. The number of hydrogen-bond donors (Lipinski definition) is 2. The van der Waals surface area contributed by atoms with Crippen molar-refractivity contribution in [3.63, 3.8) is 0 Å². The average molecular weight is 325 g/mol. The van der Waals surface area contributed by atoms with E-state index in [0.717, 1.165) is 11.1 Å². The van der Waals surface area contributed by atoms with Gasteiger partial charge in [0.2, 0.25) is 11.8 Å². The maximum absolute atomic E-state index is 12.8. The zero-order valence-electron chi connectivity index (χ0n) is 12.9. The monoisotopic (exact) mass is 325 g/mol. The number of nitrogens with one attached hydrogen (secondary N) is 2. The summed E-state index contributed by atoms with van der Waals surface area (Å²) in [5, 5.41) is 13.8. The van der Waals surface area contributed by atoms with E-state index in [4.69, 9.17) is 5.26 Å². The van der Waals surface area contributed by atoms with Crippen molar-refractivity contribution in [1.29, 1.82) is 5.26 Å². The topological polar surface area (TPSA) is 82.0 Å². The van der Waals surface area contributed by atoms with Gasteiger partial charge in [0.05, 0.1) is 12.5 Å². The largest absolute Gasteiger partial charge is 0.352 e. The van der Waals surface area contributed by atoms with Gasteiger partial charge < -0.3 is 10.6 Å². The Balaban J connectivity index is 1.87. The van der Waals surface area contributed by atoms with Gasteiger partial charge >= 0.3 is 0 Å². The molecule has 5 nitrogen and oxygen atoms in total. The summed E-state index contributed by atoms with van der Waals surface area (Å²) < 4.78 is 12.8. The van der Waals surface area contributed by atoms with E-state index in [1.165, 1.54) is 12.1 Å². The maximum atomic E-state index is 12.8. The van der Waals surface area contributed by atoms with Crippen LogP contribution in [0.25, 0.3) is 0 Å². The highest BCUT2D eigenvalue weighted by Crippen LogP contribution is 2.11. The van der Waals surface area contributed by atoms with E-state index < -0.39 is 0 Å². The average Bonchev–Trinajstić information content (AvgIpc) is 2.56. The molecule has 0 heterocycles. The molecule has 0 bridgehead atoms. The van der Waals surface area contributed by atoms with E-state index in [2.05, 4.69) is 10.6 Å². The highest BCUT2D eigenvalue weighted by molar-refractivity contribution is 5.92. The molecular weight excluding hydrogens is 309 g/mol.